The lowest BCUT2D eigenvalue weighted by Crippen LogP contribution is -2.39. The Hall–Kier alpha value is -2.29. The van der Waals surface area contributed by atoms with Crippen molar-refractivity contribution in [2.24, 2.45) is 0 Å². The van der Waals surface area contributed by atoms with Crippen LogP contribution in [-0.2, 0) is 4.79 Å². The number of amides is 1. The van der Waals surface area contributed by atoms with E-state index in [4.69, 9.17) is 4.74 Å². The number of carbonyl (C=O) groups is 1. The molecule has 3 nitrogen and oxygen atoms in total. The molecule has 1 atom stereocenters. The Morgan fingerprint density at radius 3 is 2.05 bits per heavy atom. The number of hydrogen-bond acceptors (Lipinski definition) is 2. The Balaban J connectivity index is 2.01. The van der Waals surface area contributed by atoms with E-state index in [1.54, 1.807) is 6.92 Å². The highest BCUT2D eigenvalue weighted by molar-refractivity contribution is 5.80. The van der Waals surface area contributed by atoms with Gasteiger partial charge in [-0.2, -0.15) is 0 Å². The van der Waals surface area contributed by atoms with Crippen LogP contribution in [0.1, 0.15) is 20.8 Å². The number of carbonyl (C=O) groups excluding carboxylic acids is 1. The summed E-state index contributed by atoms with van der Waals surface area (Å²) < 4.78 is 5.66. The number of benzene rings is 2. The lowest BCUT2D eigenvalue weighted by molar-refractivity contribution is -0.127. The zero-order valence-electron chi connectivity index (χ0n) is 12.7. The van der Waals surface area contributed by atoms with Gasteiger partial charge in [0.15, 0.2) is 6.10 Å². The van der Waals surface area contributed by atoms with Gasteiger partial charge in [0.2, 0.25) is 0 Å². The quantitative estimate of drug-likeness (QED) is 0.909. The van der Waals surface area contributed by atoms with Crippen molar-refractivity contribution < 1.29 is 9.53 Å². The van der Waals surface area contributed by atoms with E-state index in [1.165, 1.54) is 0 Å². The largest absolute Gasteiger partial charge is 0.481 e. The summed E-state index contributed by atoms with van der Waals surface area (Å²) in [5.41, 5.74) is 2.29. The van der Waals surface area contributed by atoms with E-state index in [0.717, 1.165) is 11.1 Å². The normalized spacial score (nSPS) is 12.0. The van der Waals surface area contributed by atoms with Gasteiger partial charge < -0.3 is 10.1 Å². The maximum absolute atomic E-state index is 11.8. The van der Waals surface area contributed by atoms with Gasteiger partial charge in [-0.25, -0.2) is 0 Å². The Bertz CT molecular complexity index is 576. The fraction of sp³-hybridized carbons (Fsp3) is 0.278. The van der Waals surface area contributed by atoms with Gasteiger partial charge in [-0.15, -0.1) is 0 Å². The molecule has 0 aliphatic carbocycles. The van der Waals surface area contributed by atoms with E-state index < -0.39 is 6.10 Å². The van der Waals surface area contributed by atoms with Crippen LogP contribution in [0.4, 0.5) is 0 Å². The van der Waals surface area contributed by atoms with Crippen molar-refractivity contribution in [3.8, 4) is 16.9 Å². The maximum atomic E-state index is 11.8. The zero-order chi connectivity index (χ0) is 15.2. The Kier molecular flexibility index (Phi) is 4.99. The van der Waals surface area contributed by atoms with Crippen LogP contribution in [0.15, 0.2) is 54.6 Å². The molecule has 0 saturated carbocycles. The molecule has 0 saturated heterocycles. The van der Waals surface area contributed by atoms with Crippen molar-refractivity contribution in [1.82, 2.24) is 5.32 Å². The van der Waals surface area contributed by atoms with Gasteiger partial charge in [-0.1, -0.05) is 42.5 Å². The molecule has 2 rings (SSSR count). The highest BCUT2D eigenvalue weighted by Crippen LogP contribution is 2.22. The fourth-order valence-electron chi connectivity index (χ4n) is 2.02. The van der Waals surface area contributed by atoms with Crippen LogP contribution in [0.25, 0.3) is 11.1 Å². The summed E-state index contributed by atoms with van der Waals surface area (Å²) in [5, 5.41) is 2.84. The zero-order valence-corrected chi connectivity index (χ0v) is 12.7. The summed E-state index contributed by atoms with van der Waals surface area (Å²) >= 11 is 0. The van der Waals surface area contributed by atoms with Gasteiger partial charge in [0.25, 0.3) is 5.91 Å². The minimum atomic E-state index is -0.505. The molecule has 3 heteroatoms. The molecule has 0 radical (unpaired) electrons. The first kappa shape index (κ1) is 15.1. The third-order valence-electron chi connectivity index (χ3n) is 3.07. The highest BCUT2D eigenvalue weighted by Gasteiger charge is 2.15. The minimum Gasteiger partial charge on any atom is -0.481 e. The summed E-state index contributed by atoms with van der Waals surface area (Å²) in [5.74, 6) is 0.596. The number of nitrogens with one attached hydrogen (secondary N) is 1. The monoisotopic (exact) mass is 283 g/mol. The van der Waals surface area contributed by atoms with Crippen LogP contribution in [0, 0.1) is 0 Å². The van der Waals surface area contributed by atoms with Gasteiger partial charge in [0.1, 0.15) is 5.75 Å². The van der Waals surface area contributed by atoms with Gasteiger partial charge in [0, 0.05) is 6.04 Å². The fourth-order valence-corrected chi connectivity index (χ4v) is 2.02. The number of hydrogen-bond donors (Lipinski definition) is 1. The van der Waals surface area contributed by atoms with E-state index in [-0.39, 0.29) is 11.9 Å². The predicted octanol–water partition coefficient (Wildman–Crippen LogP) is 3.65. The molecule has 0 fully saturated rings. The molecule has 21 heavy (non-hydrogen) atoms. The lowest BCUT2D eigenvalue weighted by atomic mass is 10.1. The van der Waals surface area contributed by atoms with E-state index in [2.05, 4.69) is 17.4 Å². The molecule has 0 heterocycles. The summed E-state index contributed by atoms with van der Waals surface area (Å²) in [6.45, 7) is 5.61. The molecule has 0 aliphatic rings. The number of ether oxygens (including phenoxy) is 1. The second-order valence-corrected chi connectivity index (χ2v) is 5.31. The van der Waals surface area contributed by atoms with E-state index in [9.17, 15) is 4.79 Å². The summed E-state index contributed by atoms with van der Waals surface area (Å²) in [6, 6.07) is 18.0. The first-order valence-electron chi connectivity index (χ1n) is 7.19. The average molecular weight is 283 g/mol. The van der Waals surface area contributed by atoms with E-state index >= 15 is 0 Å². The summed E-state index contributed by atoms with van der Waals surface area (Å²) in [6.07, 6.45) is -0.505. The van der Waals surface area contributed by atoms with Gasteiger partial charge in [-0.3, -0.25) is 4.79 Å². The molecule has 1 amide bonds. The second-order valence-electron chi connectivity index (χ2n) is 5.31. The van der Waals surface area contributed by atoms with Crippen molar-refractivity contribution in [1.29, 1.82) is 0 Å². The van der Waals surface area contributed by atoms with Crippen molar-refractivity contribution in [3.05, 3.63) is 54.6 Å². The number of rotatable bonds is 5. The maximum Gasteiger partial charge on any atom is 0.260 e. The molecule has 0 spiro atoms. The van der Waals surface area contributed by atoms with Crippen LogP contribution in [0.5, 0.6) is 5.75 Å². The van der Waals surface area contributed by atoms with Gasteiger partial charge in [-0.05, 0) is 44.0 Å². The first-order chi connectivity index (χ1) is 10.1. The van der Waals surface area contributed by atoms with Crippen molar-refractivity contribution >= 4 is 5.91 Å². The molecule has 2 aromatic carbocycles. The van der Waals surface area contributed by atoms with Gasteiger partial charge in [0.05, 0.1) is 0 Å². The summed E-state index contributed by atoms with van der Waals surface area (Å²) in [4.78, 5) is 11.8. The van der Waals surface area contributed by atoms with Crippen LogP contribution in [0.2, 0.25) is 0 Å². The molecule has 0 aliphatic heterocycles. The minimum absolute atomic E-state index is 0.0999. The molecule has 1 N–H and O–H groups in total. The van der Waals surface area contributed by atoms with Crippen molar-refractivity contribution in [2.75, 3.05) is 0 Å². The van der Waals surface area contributed by atoms with Crippen LogP contribution in [0.3, 0.4) is 0 Å². The van der Waals surface area contributed by atoms with E-state index in [1.807, 2.05) is 56.3 Å². The highest BCUT2D eigenvalue weighted by atomic mass is 16.5. The van der Waals surface area contributed by atoms with Crippen LogP contribution >= 0.6 is 0 Å². The Morgan fingerprint density at radius 2 is 1.48 bits per heavy atom. The predicted molar refractivity (Wildman–Crippen MR) is 85.2 cm³/mol. The molecule has 2 aromatic rings. The van der Waals surface area contributed by atoms with E-state index in [0.29, 0.717) is 5.75 Å². The van der Waals surface area contributed by atoms with Crippen molar-refractivity contribution in [2.45, 2.75) is 32.9 Å². The Morgan fingerprint density at radius 1 is 0.905 bits per heavy atom. The SMILES string of the molecule is CC(C)NC(=O)[C@@H](C)Oc1ccc(-c2ccccc2)cc1. The van der Waals surface area contributed by atoms with Crippen molar-refractivity contribution in [3.63, 3.8) is 0 Å². The summed E-state index contributed by atoms with van der Waals surface area (Å²) in [7, 11) is 0. The molecule has 110 valence electrons. The van der Waals surface area contributed by atoms with Gasteiger partial charge >= 0.3 is 0 Å². The molecular formula is C18H21NO2. The van der Waals surface area contributed by atoms with Crippen LogP contribution < -0.4 is 10.1 Å². The first-order valence-corrected chi connectivity index (χ1v) is 7.19. The molecule has 0 unspecified atom stereocenters. The van der Waals surface area contributed by atoms with Crippen LogP contribution in [-0.4, -0.2) is 18.1 Å². The molecular weight excluding hydrogens is 262 g/mol. The third kappa shape index (κ3) is 4.35. The second kappa shape index (κ2) is 6.93. The smallest absolute Gasteiger partial charge is 0.260 e. The molecule has 0 aromatic heterocycles. The topological polar surface area (TPSA) is 38.3 Å². The third-order valence-corrected chi connectivity index (χ3v) is 3.07. The lowest BCUT2D eigenvalue weighted by Gasteiger charge is -2.16. The molecule has 0 bridgehead atoms. The standard InChI is InChI=1S/C18H21NO2/c1-13(2)19-18(20)14(3)21-17-11-9-16(10-12-17)15-7-5-4-6-8-15/h4-14H,1-3H3,(H,19,20)/t14-/m1/s1. The Labute approximate surface area is 126 Å². The average Bonchev–Trinajstić information content (AvgIpc) is 2.48.